The second-order valence-corrected chi connectivity index (χ2v) is 12.2. The van der Waals surface area contributed by atoms with Crippen molar-refractivity contribution in [2.24, 2.45) is 0 Å². The normalized spacial score (nSPS) is 23.5. The third kappa shape index (κ3) is 10.0. The topological polar surface area (TPSA) is 90.9 Å². The molecule has 0 unspecified atom stereocenters. The highest BCUT2D eigenvalue weighted by Gasteiger charge is 2.55. The molecule has 0 aromatic heterocycles. The Morgan fingerprint density at radius 1 is 0.851 bits per heavy atom. The fraction of sp³-hybridized carbons (Fsp3) is 0.447. The first-order valence-corrected chi connectivity index (χ1v) is 16.1. The minimum atomic E-state index is -0.803. The van der Waals surface area contributed by atoms with Gasteiger partial charge in [0.2, 0.25) is 0 Å². The second-order valence-electron chi connectivity index (χ2n) is 12.2. The Labute approximate surface area is 277 Å². The smallest absolute Gasteiger partial charge is 0.306 e. The first kappa shape index (κ1) is 34.9. The molecule has 0 aliphatic carbocycles. The molecule has 9 heteroatoms. The van der Waals surface area contributed by atoms with Gasteiger partial charge in [0.1, 0.15) is 24.4 Å². The zero-order valence-electron chi connectivity index (χ0n) is 27.4. The predicted molar refractivity (Wildman–Crippen MR) is 175 cm³/mol. The van der Waals surface area contributed by atoms with Crippen LogP contribution in [0.5, 0.6) is 0 Å². The molecule has 2 fully saturated rings. The Bertz CT molecular complexity index is 1370. The van der Waals surface area contributed by atoms with Crippen LogP contribution >= 0.6 is 0 Å². The lowest BCUT2D eigenvalue weighted by atomic mass is 10.1. The first-order chi connectivity index (χ1) is 22.8. The molecule has 0 saturated carbocycles. The molecule has 2 heterocycles. The molecule has 2 aliphatic rings. The van der Waals surface area contributed by atoms with E-state index in [4.69, 9.17) is 37.9 Å². The number of rotatable bonds is 18. The molecule has 0 spiro atoms. The highest BCUT2D eigenvalue weighted by molar-refractivity contribution is 5.69. The number of fused-ring (bicyclic) bond motifs is 1. The van der Waals surface area contributed by atoms with Crippen LogP contribution in [0.2, 0.25) is 0 Å². The maximum atomic E-state index is 13.5. The number of carbonyl (C=O) groups is 1. The van der Waals surface area contributed by atoms with Gasteiger partial charge in [0.25, 0.3) is 0 Å². The van der Waals surface area contributed by atoms with E-state index in [1.54, 1.807) is 13.2 Å². The number of benzene rings is 3. The van der Waals surface area contributed by atoms with Gasteiger partial charge in [-0.3, -0.25) is 4.79 Å². The van der Waals surface area contributed by atoms with Crippen molar-refractivity contribution in [2.75, 3.05) is 13.7 Å². The van der Waals surface area contributed by atoms with Crippen LogP contribution in [0.4, 0.5) is 0 Å². The van der Waals surface area contributed by atoms with Crippen molar-refractivity contribution in [1.82, 2.24) is 0 Å². The van der Waals surface area contributed by atoms with Crippen LogP contribution in [-0.4, -0.2) is 68.4 Å². The molecule has 9 nitrogen and oxygen atoms in total. The van der Waals surface area contributed by atoms with E-state index in [1.807, 2.05) is 105 Å². The van der Waals surface area contributed by atoms with E-state index in [0.717, 1.165) is 16.7 Å². The molecule has 3 aromatic rings. The van der Waals surface area contributed by atoms with E-state index in [9.17, 15) is 4.79 Å². The van der Waals surface area contributed by atoms with Crippen LogP contribution in [0, 0.1) is 0 Å². The number of esters is 1. The molecule has 252 valence electrons. The Morgan fingerprint density at radius 3 is 2.00 bits per heavy atom. The Hall–Kier alpha value is -3.41. The summed E-state index contributed by atoms with van der Waals surface area (Å²) in [5.41, 5.74) is 2.98. The maximum absolute atomic E-state index is 13.5. The lowest BCUT2D eigenvalue weighted by molar-refractivity contribution is -0.217. The van der Waals surface area contributed by atoms with Crippen molar-refractivity contribution < 1.29 is 42.7 Å². The average Bonchev–Trinajstić information content (AvgIpc) is 3.56. The molecular weight excluding hydrogens is 600 g/mol. The van der Waals surface area contributed by atoms with Crippen molar-refractivity contribution in [3.63, 3.8) is 0 Å². The molecule has 3 aromatic carbocycles. The van der Waals surface area contributed by atoms with Crippen LogP contribution in [-0.2, 0) is 62.5 Å². The van der Waals surface area contributed by atoms with Crippen molar-refractivity contribution in [2.45, 2.75) is 95.2 Å². The lowest BCUT2D eigenvalue weighted by Crippen LogP contribution is -2.45. The van der Waals surface area contributed by atoms with E-state index in [1.165, 1.54) is 0 Å². The Kier molecular flexibility index (Phi) is 12.7. The number of carbonyl (C=O) groups excluding carboxylic acids is 1. The van der Waals surface area contributed by atoms with Gasteiger partial charge >= 0.3 is 5.97 Å². The third-order valence-electron chi connectivity index (χ3n) is 8.16. The summed E-state index contributed by atoms with van der Waals surface area (Å²) in [5.74, 6) is -1.18. The van der Waals surface area contributed by atoms with Crippen LogP contribution < -0.4 is 0 Å². The van der Waals surface area contributed by atoms with Crippen molar-refractivity contribution in [3.8, 4) is 0 Å². The summed E-state index contributed by atoms with van der Waals surface area (Å²) >= 11 is 0. The Morgan fingerprint density at radius 2 is 1.43 bits per heavy atom. The van der Waals surface area contributed by atoms with Gasteiger partial charge in [-0.15, -0.1) is 6.58 Å². The van der Waals surface area contributed by atoms with Crippen LogP contribution in [0.1, 0.15) is 43.4 Å². The number of methoxy groups -OCH3 is 1. The predicted octanol–water partition coefficient (Wildman–Crippen LogP) is 6.14. The highest BCUT2D eigenvalue weighted by Crippen LogP contribution is 2.39. The van der Waals surface area contributed by atoms with E-state index >= 15 is 0 Å². The monoisotopic (exact) mass is 646 g/mol. The quantitative estimate of drug-likeness (QED) is 0.119. The molecule has 2 aliphatic heterocycles. The minimum absolute atomic E-state index is 0.0809. The summed E-state index contributed by atoms with van der Waals surface area (Å²) in [4.78, 5) is 13.5. The maximum Gasteiger partial charge on any atom is 0.306 e. The number of hydrogen-bond donors (Lipinski definition) is 0. The van der Waals surface area contributed by atoms with E-state index < -0.39 is 42.5 Å². The molecule has 0 bridgehead atoms. The lowest BCUT2D eigenvalue weighted by Gasteiger charge is -2.32. The van der Waals surface area contributed by atoms with Crippen molar-refractivity contribution >= 4 is 5.97 Å². The Balaban J connectivity index is 1.29. The SMILES string of the molecule is C=C[C@@H](OCc1ccccc1)[C@H](OCc1ccccc1)[C@@H](COCc1ccccc1)OC(=O)CC[C@H]1O[C@@H]2OC(C)(C)O[C@@H]2[C@H]1OC. The summed E-state index contributed by atoms with van der Waals surface area (Å²) in [6.07, 6.45) is -1.70. The van der Waals surface area contributed by atoms with Crippen LogP contribution in [0.15, 0.2) is 104 Å². The molecule has 47 heavy (non-hydrogen) atoms. The van der Waals surface area contributed by atoms with Gasteiger partial charge in [-0.25, -0.2) is 0 Å². The molecule has 7 atom stereocenters. The van der Waals surface area contributed by atoms with Crippen LogP contribution in [0.25, 0.3) is 0 Å². The molecule has 2 saturated heterocycles. The average molecular weight is 647 g/mol. The van der Waals surface area contributed by atoms with Gasteiger partial charge < -0.3 is 37.9 Å². The van der Waals surface area contributed by atoms with Gasteiger partial charge in [-0.05, 0) is 37.0 Å². The van der Waals surface area contributed by atoms with Crippen LogP contribution in [0.3, 0.4) is 0 Å². The first-order valence-electron chi connectivity index (χ1n) is 16.1. The van der Waals surface area contributed by atoms with E-state index in [2.05, 4.69) is 6.58 Å². The molecule has 5 rings (SSSR count). The largest absolute Gasteiger partial charge is 0.457 e. The second kappa shape index (κ2) is 17.1. The van der Waals surface area contributed by atoms with Gasteiger partial charge in [-0.1, -0.05) is 97.1 Å². The van der Waals surface area contributed by atoms with Gasteiger partial charge in [0.15, 0.2) is 18.2 Å². The fourth-order valence-corrected chi connectivity index (χ4v) is 5.86. The molecule has 0 radical (unpaired) electrons. The summed E-state index contributed by atoms with van der Waals surface area (Å²) in [6, 6.07) is 29.5. The number of ether oxygens (including phenoxy) is 8. The minimum Gasteiger partial charge on any atom is -0.457 e. The third-order valence-corrected chi connectivity index (χ3v) is 8.16. The van der Waals surface area contributed by atoms with Crippen molar-refractivity contribution in [3.05, 3.63) is 120 Å². The summed E-state index contributed by atoms with van der Waals surface area (Å²) in [6.45, 7) is 8.75. The summed E-state index contributed by atoms with van der Waals surface area (Å²) in [7, 11) is 1.61. The molecule has 0 N–H and O–H groups in total. The van der Waals surface area contributed by atoms with Gasteiger partial charge in [0.05, 0.1) is 32.5 Å². The summed E-state index contributed by atoms with van der Waals surface area (Å²) in [5, 5.41) is 0. The summed E-state index contributed by atoms with van der Waals surface area (Å²) < 4.78 is 48.8. The standard InChI is InChI=1S/C38H46O9/c1-5-30(42-24-28-17-11-7-12-18-28)34(43-25-29-19-13-8-14-20-29)32(26-41-23-27-15-9-6-10-16-27)44-33(39)22-21-31-35(40-4)36-37(45-31)47-38(2,3)46-36/h5-20,30-32,34-37H,1,21-26H2,2-4H3/t30-,31-,32-,34+,35+,36-,37-/m1/s1. The zero-order chi connectivity index (χ0) is 33.1. The van der Waals surface area contributed by atoms with E-state index in [-0.39, 0.29) is 31.8 Å². The van der Waals surface area contributed by atoms with Crippen molar-refractivity contribution in [1.29, 1.82) is 0 Å². The highest BCUT2D eigenvalue weighted by atomic mass is 16.8. The molecule has 0 amide bonds. The van der Waals surface area contributed by atoms with Gasteiger partial charge in [-0.2, -0.15) is 0 Å². The number of hydrogen-bond acceptors (Lipinski definition) is 9. The molecular formula is C38H46O9. The van der Waals surface area contributed by atoms with E-state index in [0.29, 0.717) is 19.6 Å². The van der Waals surface area contributed by atoms with Gasteiger partial charge in [0, 0.05) is 13.5 Å². The fourth-order valence-electron chi connectivity index (χ4n) is 5.86. The zero-order valence-corrected chi connectivity index (χ0v) is 27.4.